The standard InChI is InChI=1S/C18H30N4O3/c1-14(2)22-13-18(8-5-17(22)23)7-4-9-21(12-18)11-16-19-15(20-25-16)6-10-24-3/h14H,4-13H2,1-3H3/t18-/m1/s1. The van der Waals surface area contributed by atoms with Gasteiger partial charge in [-0.25, -0.2) is 0 Å². The van der Waals surface area contributed by atoms with Gasteiger partial charge in [0.25, 0.3) is 0 Å². The number of nitrogens with zero attached hydrogens (tertiary/aromatic N) is 4. The van der Waals surface area contributed by atoms with Crippen LogP contribution in [-0.4, -0.2) is 65.2 Å². The van der Waals surface area contributed by atoms with Crippen molar-refractivity contribution in [2.45, 2.75) is 58.5 Å². The first-order valence-electron chi connectivity index (χ1n) is 9.33. The normalized spacial score (nSPS) is 25.3. The van der Waals surface area contributed by atoms with Crippen LogP contribution < -0.4 is 0 Å². The molecule has 0 aliphatic carbocycles. The fourth-order valence-electron chi connectivity index (χ4n) is 4.13. The summed E-state index contributed by atoms with van der Waals surface area (Å²) in [6.07, 6.45) is 4.70. The topological polar surface area (TPSA) is 71.7 Å². The molecule has 0 radical (unpaired) electrons. The van der Waals surface area contributed by atoms with Crippen LogP contribution in [0.3, 0.4) is 0 Å². The van der Waals surface area contributed by atoms with Gasteiger partial charge in [0, 0.05) is 44.5 Å². The average Bonchev–Trinajstić information content (AvgIpc) is 3.03. The lowest BCUT2D eigenvalue weighted by molar-refractivity contribution is -0.141. The van der Waals surface area contributed by atoms with Gasteiger partial charge in [-0.3, -0.25) is 9.69 Å². The number of hydrogen-bond acceptors (Lipinski definition) is 6. The lowest BCUT2D eigenvalue weighted by Gasteiger charge is -2.49. The summed E-state index contributed by atoms with van der Waals surface area (Å²) in [7, 11) is 1.67. The van der Waals surface area contributed by atoms with Crippen molar-refractivity contribution in [1.82, 2.24) is 19.9 Å². The molecular weight excluding hydrogens is 320 g/mol. The van der Waals surface area contributed by atoms with Gasteiger partial charge in [-0.1, -0.05) is 5.16 Å². The van der Waals surface area contributed by atoms with Crippen molar-refractivity contribution in [1.29, 1.82) is 0 Å². The molecule has 0 aromatic carbocycles. The smallest absolute Gasteiger partial charge is 0.240 e. The number of aromatic nitrogens is 2. The lowest BCUT2D eigenvalue weighted by Crippen LogP contribution is -2.55. The molecule has 1 aromatic heterocycles. The minimum atomic E-state index is 0.218. The first kappa shape index (κ1) is 18.3. The van der Waals surface area contributed by atoms with Crippen LogP contribution in [0.2, 0.25) is 0 Å². The number of amides is 1. The highest BCUT2D eigenvalue weighted by Gasteiger charge is 2.42. The third-order valence-corrected chi connectivity index (χ3v) is 5.46. The number of piperidine rings is 2. The average molecular weight is 350 g/mol. The number of methoxy groups -OCH3 is 1. The maximum absolute atomic E-state index is 12.2. The van der Waals surface area contributed by atoms with Crippen LogP contribution >= 0.6 is 0 Å². The minimum absolute atomic E-state index is 0.218. The van der Waals surface area contributed by atoms with Crippen molar-refractivity contribution in [2.24, 2.45) is 5.41 Å². The molecule has 7 heteroatoms. The summed E-state index contributed by atoms with van der Waals surface area (Å²) in [5.41, 5.74) is 0.218. The number of carbonyl (C=O) groups excluding carboxylic acids is 1. The molecule has 1 amide bonds. The van der Waals surface area contributed by atoms with Gasteiger partial charge in [0.15, 0.2) is 5.82 Å². The second-order valence-corrected chi connectivity index (χ2v) is 7.78. The fraction of sp³-hybridized carbons (Fsp3) is 0.833. The van der Waals surface area contributed by atoms with E-state index in [-0.39, 0.29) is 11.5 Å². The van der Waals surface area contributed by atoms with E-state index >= 15 is 0 Å². The largest absolute Gasteiger partial charge is 0.384 e. The lowest BCUT2D eigenvalue weighted by atomic mass is 9.73. The van der Waals surface area contributed by atoms with E-state index in [0.29, 0.717) is 43.6 Å². The Morgan fingerprint density at radius 3 is 2.92 bits per heavy atom. The molecule has 1 spiro atoms. The Morgan fingerprint density at radius 2 is 2.16 bits per heavy atom. The molecule has 1 aromatic rings. The number of rotatable bonds is 6. The van der Waals surface area contributed by atoms with E-state index < -0.39 is 0 Å². The van der Waals surface area contributed by atoms with Crippen molar-refractivity contribution in [3.05, 3.63) is 11.7 Å². The van der Waals surface area contributed by atoms with Crippen LogP contribution in [0, 0.1) is 5.41 Å². The third kappa shape index (κ3) is 4.39. The van der Waals surface area contributed by atoms with Crippen molar-refractivity contribution >= 4 is 5.91 Å². The molecule has 2 saturated heterocycles. The van der Waals surface area contributed by atoms with Gasteiger partial charge in [0.05, 0.1) is 13.2 Å². The SMILES string of the molecule is COCCc1noc(CN2CCC[C@@]3(CCC(=O)N(C(C)C)C3)C2)n1. The summed E-state index contributed by atoms with van der Waals surface area (Å²) >= 11 is 0. The maximum Gasteiger partial charge on any atom is 0.240 e. The van der Waals surface area contributed by atoms with Gasteiger partial charge >= 0.3 is 0 Å². The molecule has 2 fully saturated rings. The van der Waals surface area contributed by atoms with Gasteiger partial charge in [0.1, 0.15) is 0 Å². The summed E-state index contributed by atoms with van der Waals surface area (Å²) in [6, 6.07) is 0.277. The Bertz CT molecular complexity index is 589. The maximum atomic E-state index is 12.2. The van der Waals surface area contributed by atoms with Crippen LogP contribution in [-0.2, 0) is 22.5 Å². The van der Waals surface area contributed by atoms with Gasteiger partial charge in [-0.05, 0) is 39.7 Å². The van der Waals surface area contributed by atoms with Crippen molar-refractivity contribution in [3.63, 3.8) is 0 Å². The summed E-state index contributed by atoms with van der Waals surface area (Å²) in [4.78, 5) is 21.1. The Hall–Kier alpha value is -1.47. The highest BCUT2D eigenvalue weighted by atomic mass is 16.5. The molecule has 25 heavy (non-hydrogen) atoms. The van der Waals surface area contributed by atoms with Crippen LogP contribution in [0.5, 0.6) is 0 Å². The van der Waals surface area contributed by atoms with Crippen molar-refractivity contribution < 1.29 is 14.1 Å². The predicted molar refractivity (Wildman–Crippen MR) is 92.9 cm³/mol. The van der Waals surface area contributed by atoms with Gasteiger partial charge in [-0.2, -0.15) is 4.98 Å². The van der Waals surface area contributed by atoms with E-state index in [4.69, 9.17) is 9.26 Å². The molecule has 0 N–H and O–H groups in total. The number of likely N-dealkylation sites (tertiary alicyclic amines) is 2. The van der Waals surface area contributed by atoms with E-state index in [1.807, 2.05) is 0 Å². The van der Waals surface area contributed by atoms with Gasteiger partial charge in [0.2, 0.25) is 11.8 Å². The Balaban J connectivity index is 1.61. The summed E-state index contributed by atoms with van der Waals surface area (Å²) < 4.78 is 10.4. The molecule has 1 atom stereocenters. The fourth-order valence-corrected chi connectivity index (χ4v) is 4.13. The number of hydrogen-bond donors (Lipinski definition) is 0. The molecule has 7 nitrogen and oxygen atoms in total. The molecule has 0 saturated carbocycles. The summed E-state index contributed by atoms with van der Waals surface area (Å²) in [5.74, 6) is 1.69. The first-order valence-corrected chi connectivity index (χ1v) is 9.33. The summed E-state index contributed by atoms with van der Waals surface area (Å²) in [5, 5.41) is 4.02. The molecule has 3 heterocycles. The zero-order valence-corrected chi connectivity index (χ0v) is 15.7. The van der Waals surface area contributed by atoms with Crippen molar-refractivity contribution in [3.8, 4) is 0 Å². The molecule has 2 aliphatic rings. The zero-order valence-electron chi connectivity index (χ0n) is 15.7. The Morgan fingerprint density at radius 1 is 1.32 bits per heavy atom. The van der Waals surface area contributed by atoms with Gasteiger partial charge < -0.3 is 14.2 Å². The van der Waals surface area contributed by atoms with E-state index in [1.165, 1.54) is 6.42 Å². The third-order valence-electron chi connectivity index (χ3n) is 5.46. The quantitative estimate of drug-likeness (QED) is 0.780. The Kier molecular flexibility index (Phi) is 5.74. The van der Waals surface area contributed by atoms with E-state index in [1.54, 1.807) is 7.11 Å². The van der Waals surface area contributed by atoms with Gasteiger partial charge in [-0.15, -0.1) is 0 Å². The highest BCUT2D eigenvalue weighted by Crippen LogP contribution is 2.39. The molecule has 2 aliphatic heterocycles. The zero-order chi connectivity index (χ0) is 17.9. The number of ether oxygens (including phenoxy) is 1. The molecule has 3 rings (SSSR count). The predicted octanol–water partition coefficient (Wildman–Crippen LogP) is 1.87. The van der Waals surface area contributed by atoms with E-state index in [2.05, 4.69) is 33.8 Å². The summed E-state index contributed by atoms with van der Waals surface area (Å²) in [6.45, 7) is 8.44. The van der Waals surface area contributed by atoms with Crippen LogP contribution in [0.15, 0.2) is 4.52 Å². The monoisotopic (exact) mass is 350 g/mol. The van der Waals surface area contributed by atoms with E-state index in [0.717, 1.165) is 32.5 Å². The van der Waals surface area contributed by atoms with E-state index in [9.17, 15) is 4.79 Å². The van der Waals surface area contributed by atoms with Crippen LogP contribution in [0.25, 0.3) is 0 Å². The second kappa shape index (κ2) is 7.83. The molecule has 0 unspecified atom stereocenters. The molecular formula is C18H30N4O3. The van der Waals surface area contributed by atoms with Crippen molar-refractivity contribution in [2.75, 3.05) is 33.4 Å². The van der Waals surface area contributed by atoms with Crippen LogP contribution in [0.4, 0.5) is 0 Å². The molecule has 140 valence electrons. The Labute approximate surface area is 149 Å². The first-order chi connectivity index (χ1) is 12.0. The second-order valence-electron chi connectivity index (χ2n) is 7.78. The number of carbonyl (C=O) groups is 1. The molecule has 0 bridgehead atoms. The van der Waals surface area contributed by atoms with Crippen LogP contribution in [0.1, 0.15) is 51.2 Å². The minimum Gasteiger partial charge on any atom is -0.384 e. The highest BCUT2D eigenvalue weighted by molar-refractivity contribution is 5.77.